The molecule has 0 aliphatic carbocycles. The molecule has 2 aromatic carbocycles. The first-order valence-electron chi connectivity index (χ1n) is 6.99. The van der Waals surface area contributed by atoms with E-state index < -0.39 is 0 Å². The Labute approximate surface area is 127 Å². The Morgan fingerprint density at radius 3 is 2.41 bits per heavy atom. The number of rotatable bonds is 5. The lowest BCUT2D eigenvalue weighted by atomic mass is 10.0. The summed E-state index contributed by atoms with van der Waals surface area (Å²) in [6.45, 7) is 0.471. The molecule has 22 heavy (non-hydrogen) atoms. The minimum Gasteiger partial charge on any atom is -0.352 e. The van der Waals surface area contributed by atoms with Crippen LogP contribution in [-0.4, -0.2) is 33.1 Å². The van der Waals surface area contributed by atoms with E-state index in [1.165, 1.54) is 0 Å². The molecule has 0 saturated heterocycles. The molecule has 0 fully saturated rings. The van der Waals surface area contributed by atoms with Gasteiger partial charge in [0, 0.05) is 18.5 Å². The van der Waals surface area contributed by atoms with E-state index in [0.29, 0.717) is 24.4 Å². The number of amides is 1. The van der Waals surface area contributed by atoms with E-state index in [-0.39, 0.29) is 5.91 Å². The highest BCUT2D eigenvalue weighted by molar-refractivity contribution is 5.94. The maximum Gasteiger partial charge on any atom is 0.251 e. The smallest absolute Gasteiger partial charge is 0.251 e. The maximum atomic E-state index is 12.0. The fourth-order valence-electron chi connectivity index (χ4n) is 2.12. The van der Waals surface area contributed by atoms with Crippen LogP contribution in [0.3, 0.4) is 0 Å². The Hall–Kier alpha value is -3.02. The summed E-state index contributed by atoms with van der Waals surface area (Å²) in [6.07, 6.45) is 0.546. The molecule has 6 heteroatoms. The molecule has 2 N–H and O–H groups in total. The summed E-state index contributed by atoms with van der Waals surface area (Å²) in [4.78, 5) is 12.0. The van der Waals surface area contributed by atoms with Crippen LogP contribution in [-0.2, 0) is 6.42 Å². The van der Waals surface area contributed by atoms with Crippen LogP contribution in [0.5, 0.6) is 0 Å². The molecule has 0 spiro atoms. The number of hydrogen-bond donors (Lipinski definition) is 2. The summed E-state index contributed by atoms with van der Waals surface area (Å²) in [5.41, 5.74) is 2.85. The van der Waals surface area contributed by atoms with Crippen molar-refractivity contribution in [1.29, 1.82) is 0 Å². The van der Waals surface area contributed by atoms with E-state index in [0.717, 1.165) is 11.1 Å². The van der Waals surface area contributed by atoms with Gasteiger partial charge in [-0.05, 0) is 23.3 Å². The minimum atomic E-state index is -0.108. The van der Waals surface area contributed by atoms with Gasteiger partial charge >= 0.3 is 0 Å². The van der Waals surface area contributed by atoms with Gasteiger partial charge in [-0.2, -0.15) is 5.21 Å². The van der Waals surface area contributed by atoms with E-state index in [4.69, 9.17) is 0 Å². The number of aromatic nitrogens is 4. The maximum absolute atomic E-state index is 12.0. The minimum absolute atomic E-state index is 0.108. The molecule has 1 heterocycles. The summed E-state index contributed by atoms with van der Waals surface area (Å²) >= 11 is 0. The molecule has 0 bridgehead atoms. The van der Waals surface area contributed by atoms with Crippen molar-refractivity contribution in [3.05, 3.63) is 66.0 Å². The van der Waals surface area contributed by atoms with Crippen LogP contribution in [0.2, 0.25) is 0 Å². The molecular formula is C16H15N5O. The first-order valence-corrected chi connectivity index (χ1v) is 6.99. The van der Waals surface area contributed by atoms with E-state index in [2.05, 4.69) is 25.9 Å². The van der Waals surface area contributed by atoms with Crippen molar-refractivity contribution >= 4 is 5.91 Å². The standard InChI is InChI=1S/C16H15N5O/c22-16(17-11-10-15-18-20-21-19-15)14-8-6-13(7-9-14)12-4-2-1-3-5-12/h1-9H,10-11H2,(H,17,22)(H,18,19,20,21). The van der Waals surface area contributed by atoms with Crippen LogP contribution in [0, 0.1) is 0 Å². The normalized spacial score (nSPS) is 10.4. The first-order chi connectivity index (χ1) is 10.8. The van der Waals surface area contributed by atoms with Crippen molar-refractivity contribution in [2.24, 2.45) is 0 Å². The van der Waals surface area contributed by atoms with Crippen molar-refractivity contribution in [3.8, 4) is 11.1 Å². The number of carbonyl (C=O) groups is 1. The van der Waals surface area contributed by atoms with Crippen LogP contribution in [0.15, 0.2) is 54.6 Å². The number of hydrogen-bond acceptors (Lipinski definition) is 4. The fraction of sp³-hybridized carbons (Fsp3) is 0.125. The average Bonchev–Trinajstić information content (AvgIpc) is 3.09. The third-order valence-corrected chi connectivity index (χ3v) is 3.28. The third kappa shape index (κ3) is 3.35. The van der Waals surface area contributed by atoms with E-state index in [9.17, 15) is 4.79 Å². The molecule has 0 radical (unpaired) electrons. The number of benzene rings is 2. The van der Waals surface area contributed by atoms with Crippen LogP contribution < -0.4 is 5.32 Å². The molecule has 3 aromatic rings. The van der Waals surface area contributed by atoms with Gasteiger partial charge in [-0.25, -0.2) is 0 Å². The summed E-state index contributed by atoms with van der Waals surface area (Å²) in [5.74, 6) is 0.475. The van der Waals surface area contributed by atoms with Crippen molar-refractivity contribution in [2.45, 2.75) is 6.42 Å². The second kappa shape index (κ2) is 6.62. The lowest BCUT2D eigenvalue weighted by molar-refractivity contribution is 0.0954. The van der Waals surface area contributed by atoms with Gasteiger partial charge in [0.1, 0.15) is 0 Å². The van der Waals surface area contributed by atoms with Crippen LogP contribution in [0.1, 0.15) is 16.2 Å². The van der Waals surface area contributed by atoms with Crippen LogP contribution in [0.25, 0.3) is 11.1 Å². The Morgan fingerprint density at radius 1 is 1.00 bits per heavy atom. The lowest BCUT2D eigenvalue weighted by Crippen LogP contribution is -2.25. The molecular weight excluding hydrogens is 278 g/mol. The van der Waals surface area contributed by atoms with Crippen molar-refractivity contribution in [1.82, 2.24) is 25.9 Å². The number of tetrazole rings is 1. The van der Waals surface area contributed by atoms with Gasteiger partial charge in [0.05, 0.1) is 0 Å². The fourth-order valence-corrected chi connectivity index (χ4v) is 2.12. The van der Waals surface area contributed by atoms with Crippen molar-refractivity contribution < 1.29 is 4.79 Å². The Balaban J connectivity index is 1.59. The van der Waals surface area contributed by atoms with Gasteiger partial charge in [-0.3, -0.25) is 4.79 Å². The molecule has 0 aliphatic rings. The molecule has 0 unspecified atom stereocenters. The quantitative estimate of drug-likeness (QED) is 0.752. The highest BCUT2D eigenvalue weighted by atomic mass is 16.1. The van der Waals surface area contributed by atoms with Gasteiger partial charge in [-0.1, -0.05) is 47.7 Å². The first kappa shape index (κ1) is 13.9. The van der Waals surface area contributed by atoms with Gasteiger partial charge in [-0.15, -0.1) is 10.2 Å². The molecule has 110 valence electrons. The summed E-state index contributed by atoms with van der Waals surface area (Å²) < 4.78 is 0. The van der Waals surface area contributed by atoms with E-state index >= 15 is 0 Å². The van der Waals surface area contributed by atoms with Crippen LogP contribution in [0.4, 0.5) is 0 Å². The largest absolute Gasteiger partial charge is 0.352 e. The summed E-state index contributed by atoms with van der Waals surface area (Å²) in [6, 6.07) is 17.6. The number of nitrogens with one attached hydrogen (secondary N) is 2. The van der Waals surface area contributed by atoms with E-state index in [1.807, 2.05) is 54.6 Å². The number of H-pyrrole nitrogens is 1. The molecule has 0 atom stereocenters. The molecule has 3 rings (SSSR count). The number of carbonyl (C=O) groups excluding carboxylic acids is 1. The van der Waals surface area contributed by atoms with Crippen molar-refractivity contribution in [3.63, 3.8) is 0 Å². The third-order valence-electron chi connectivity index (χ3n) is 3.28. The zero-order valence-electron chi connectivity index (χ0n) is 11.9. The van der Waals surface area contributed by atoms with Crippen LogP contribution >= 0.6 is 0 Å². The van der Waals surface area contributed by atoms with Gasteiger partial charge in [0.2, 0.25) is 0 Å². The Kier molecular flexibility index (Phi) is 4.20. The monoisotopic (exact) mass is 293 g/mol. The van der Waals surface area contributed by atoms with Gasteiger partial charge < -0.3 is 5.32 Å². The zero-order chi connectivity index (χ0) is 15.2. The summed E-state index contributed by atoms with van der Waals surface area (Å²) in [5, 5.41) is 16.3. The second-order valence-electron chi connectivity index (χ2n) is 4.78. The average molecular weight is 293 g/mol. The molecule has 0 saturated carbocycles. The molecule has 1 aromatic heterocycles. The summed E-state index contributed by atoms with van der Waals surface area (Å²) in [7, 11) is 0. The van der Waals surface area contributed by atoms with Gasteiger partial charge in [0.15, 0.2) is 5.82 Å². The topological polar surface area (TPSA) is 83.6 Å². The number of nitrogens with zero attached hydrogens (tertiary/aromatic N) is 3. The SMILES string of the molecule is O=C(NCCc1nn[nH]n1)c1ccc(-c2ccccc2)cc1. The second-order valence-corrected chi connectivity index (χ2v) is 4.78. The Bertz CT molecular complexity index is 723. The van der Waals surface area contributed by atoms with E-state index in [1.54, 1.807) is 0 Å². The predicted octanol–water partition coefficient (Wildman–Crippen LogP) is 1.84. The molecule has 1 amide bonds. The van der Waals surface area contributed by atoms with Crippen molar-refractivity contribution in [2.75, 3.05) is 6.54 Å². The zero-order valence-corrected chi connectivity index (χ0v) is 11.9. The molecule has 6 nitrogen and oxygen atoms in total. The molecule has 0 aliphatic heterocycles. The number of aromatic amines is 1. The highest BCUT2D eigenvalue weighted by Gasteiger charge is 2.06. The highest BCUT2D eigenvalue weighted by Crippen LogP contribution is 2.19. The predicted molar refractivity (Wildman–Crippen MR) is 82.1 cm³/mol. The lowest BCUT2D eigenvalue weighted by Gasteiger charge is -2.05. The van der Waals surface area contributed by atoms with Gasteiger partial charge in [0.25, 0.3) is 5.91 Å². The Morgan fingerprint density at radius 2 is 1.73 bits per heavy atom.